The zero-order chi connectivity index (χ0) is 23.4. The second-order valence-corrected chi connectivity index (χ2v) is 10.3. The Morgan fingerprint density at radius 1 is 1.22 bits per heavy atom. The van der Waals surface area contributed by atoms with E-state index in [9.17, 15) is 21.6 Å². The molecule has 1 aromatic carbocycles. The Kier molecular flexibility index (Phi) is 6.00. The van der Waals surface area contributed by atoms with Gasteiger partial charge in [-0.3, -0.25) is 0 Å². The summed E-state index contributed by atoms with van der Waals surface area (Å²) in [4.78, 5) is -0.114. The molecule has 1 fully saturated rings. The first-order valence-corrected chi connectivity index (χ1v) is 11.8. The first-order chi connectivity index (χ1) is 14.9. The summed E-state index contributed by atoms with van der Waals surface area (Å²) in [6.07, 6.45) is -4.46. The van der Waals surface area contributed by atoms with E-state index in [1.165, 1.54) is 36.5 Å². The number of rotatable bonds is 4. The van der Waals surface area contributed by atoms with E-state index in [0.717, 1.165) is 10.7 Å². The number of nitrogens with one attached hydrogen (secondary N) is 1. The molecular weight excluding hydrogens is 492 g/mol. The van der Waals surface area contributed by atoms with Gasteiger partial charge in [-0.2, -0.15) is 22.6 Å². The molecule has 7 nitrogen and oxygen atoms in total. The zero-order valence-corrected chi connectivity index (χ0v) is 19.3. The van der Waals surface area contributed by atoms with E-state index in [1.54, 1.807) is 0 Å². The SMILES string of the molecule is CO[C@@H]1CCN(S(=O)(=O)C2=C(C)Nc3cc(C(F)(F)F)nn3C2c2ccc(Cl)c(Cl)c2)C1. The molecule has 0 radical (unpaired) electrons. The van der Waals surface area contributed by atoms with Crippen molar-refractivity contribution >= 4 is 39.0 Å². The van der Waals surface area contributed by atoms with Gasteiger partial charge in [-0.1, -0.05) is 29.3 Å². The van der Waals surface area contributed by atoms with E-state index in [0.29, 0.717) is 12.0 Å². The molecule has 2 aromatic rings. The molecule has 0 bridgehead atoms. The lowest BCUT2D eigenvalue weighted by Gasteiger charge is -2.32. The minimum atomic E-state index is -4.71. The number of hydrogen-bond donors (Lipinski definition) is 1. The molecule has 2 aliphatic heterocycles. The normalized spacial score (nSPS) is 22.2. The van der Waals surface area contributed by atoms with Gasteiger partial charge in [0.05, 0.1) is 16.1 Å². The number of fused-ring (bicyclic) bond motifs is 1. The van der Waals surface area contributed by atoms with Gasteiger partial charge in [0.25, 0.3) is 0 Å². The average Bonchev–Trinajstić information content (AvgIpc) is 3.36. The van der Waals surface area contributed by atoms with Crippen molar-refractivity contribution in [3.05, 3.63) is 56.2 Å². The minimum absolute atomic E-state index is 0.0148. The van der Waals surface area contributed by atoms with Crippen LogP contribution in [0.15, 0.2) is 34.9 Å². The number of benzene rings is 1. The number of hydrogen-bond acceptors (Lipinski definition) is 5. The van der Waals surface area contributed by atoms with Crippen LogP contribution in [0.1, 0.15) is 30.6 Å². The highest BCUT2D eigenvalue weighted by Crippen LogP contribution is 2.43. The summed E-state index contributed by atoms with van der Waals surface area (Å²) in [6, 6.07) is 4.08. The summed E-state index contributed by atoms with van der Waals surface area (Å²) in [6.45, 7) is 1.87. The van der Waals surface area contributed by atoms with Crippen molar-refractivity contribution in [2.24, 2.45) is 0 Å². The molecule has 2 aliphatic rings. The number of ether oxygens (including phenoxy) is 1. The summed E-state index contributed by atoms with van der Waals surface area (Å²) < 4.78 is 75.0. The lowest BCUT2D eigenvalue weighted by molar-refractivity contribution is -0.141. The topological polar surface area (TPSA) is 76.5 Å². The van der Waals surface area contributed by atoms with Gasteiger partial charge in [0, 0.05) is 32.0 Å². The summed E-state index contributed by atoms with van der Waals surface area (Å²) in [5, 5.41) is 6.84. The van der Waals surface area contributed by atoms with Gasteiger partial charge in [0.15, 0.2) is 5.69 Å². The molecule has 1 unspecified atom stereocenters. The molecule has 13 heteroatoms. The predicted octanol–water partition coefficient (Wildman–Crippen LogP) is 4.51. The Labute approximate surface area is 192 Å². The fourth-order valence-corrected chi connectivity index (χ4v) is 6.20. The summed E-state index contributed by atoms with van der Waals surface area (Å²) in [5.41, 5.74) is -0.612. The molecule has 1 saturated heterocycles. The molecular formula is C19H19Cl2F3N4O3S. The summed E-state index contributed by atoms with van der Waals surface area (Å²) >= 11 is 12.2. The highest BCUT2D eigenvalue weighted by molar-refractivity contribution is 7.93. The van der Waals surface area contributed by atoms with Crippen molar-refractivity contribution in [2.45, 2.75) is 31.7 Å². The number of allylic oxidation sites excluding steroid dienone is 2. The van der Waals surface area contributed by atoms with Crippen molar-refractivity contribution in [2.75, 3.05) is 25.5 Å². The summed E-state index contributed by atoms with van der Waals surface area (Å²) in [5.74, 6) is 0.0148. The maximum Gasteiger partial charge on any atom is 0.435 e. The molecule has 0 amide bonds. The van der Waals surface area contributed by atoms with E-state index < -0.39 is 27.9 Å². The predicted molar refractivity (Wildman–Crippen MR) is 114 cm³/mol. The second-order valence-electron chi connectivity index (χ2n) is 7.56. The van der Waals surface area contributed by atoms with Crippen LogP contribution in [0.2, 0.25) is 10.0 Å². The Bertz CT molecular complexity index is 1200. The van der Waals surface area contributed by atoms with Gasteiger partial charge >= 0.3 is 6.18 Å². The number of methoxy groups -OCH3 is 1. The van der Waals surface area contributed by atoms with Crippen LogP contribution in [-0.4, -0.2) is 48.8 Å². The molecule has 4 rings (SSSR count). The van der Waals surface area contributed by atoms with Gasteiger partial charge in [-0.15, -0.1) is 0 Å². The van der Waals surface area contributed by atoms with Gasteiger partial charge < -0.3 is 10.1 Å². The van der Waals surface area contributed by atoms with Crippen molar-refractivity contribution in [3.8, 4) is 0 Å². The van der Waals surface area contributed by atoms with Crippen LogP contribution in [-0.2, 0) is 20.9 Å². The first kappa shape index (κ1) is 23.4. The quantitative estimate of drug-likeness (QED) is 0.654. The lowest BCUT2D eigenvalue weighted by atomic mass is 10.0. The Morgan fingerprint density at radius 3 is 2.53 bits per heavy atom. The van der Waals surface area contributed by atoms with Crippen molar-refractivity contribution in [3.63, 3.8) is 0 Å². The maximum atomic E-state index is 13.7. The van der Waals surface area contributed by atoms with E-state index in [4.69, 9.17) is 27.9 Å². The van der Waals surface area contributed by atoms with Gasteiger partial charge in [-0.05, 0) is 31.0 Å². The van der Waals surface area contributed by atoms with Crippen LogP contribution in [0.25, 0.3) is 0 Å². The molecule has 3 heterocycles. The van der Waals surface area contributed by atoms with Crippen LogP contribution < -0.4 is 5.32 Å². The molecule has 1 aromatic heterocycles. The van der Waals surface area contributed by atoms with Crippen LogP contribution >= 0.6 is 23.2 Å². The average molecular weight is 511 g/mol. The Morgan fingerprint density at radius 2 is 1.94 bits per heavy atom. The Hall–Kier alpha value is -1.79. The number of halogens is 5. The third-order valence-electron chi connectivity index (χ3n) is 5.52. The number of alkyl halides is 3. The van der Waals surface area contributed by atoms with Crippen LogP contribution in [0, 0.1) is 0 Å². The van der Waals surface area contributed by atoms with Gasteiger partial charge in [0.1, 0.15) is 16.8 Å². The number of sulfonamides is 1. The zero-order valence-electron chi connectivity index (χ0n) is 16.9. The fourth-order valence-electron chi connectivity index (χ4n) is 3.95. The van der Waals surface area contributed by atoms with Crippen molar-refractivity contribution in [1.82, 2.24) is 14.1 Å². The van der Waals surface area contributed by atoms with E-state index in [2.05, 4.69) is 10.4 Å². The molecule has 1 N–H and O–H groups in total. The Balaban J connectivity index is 1.89. The second kappa shape index (κ2) is 8.21. The number of nitrogens with zero attached hydrogens (tertiary/aromatic N) is 3. The molecule has 0 spiro atoms. The first-order valence-electron chi connectivity index (χ1n) is 9.56. The molecule has 32 heavy (non-hydrogen) atoms. The van der Waals surface area contributed by atoms with E-state index >= 15 is 0 Å². The van der Waals surface area contributed by atoms with Crippen molar-refractivity contribution < 1.29 is 26.3 Å². The van der Waals surface area contributed by atoms with E-state index in [-0.39, 0.29) is 45.7 Å². The number of aromatic nitrogens is 2. The third-order valence-corrected chi connectivity index (χ3v) is 8.36. The molecule has 2 atom stereocenters. The highest BCUT2D eigenvalue weighted by Gasteiger charge is 2.44. The van der Waals surface area contributed by atoms with E-state index in [1.807, 2.05) is 0 Å². The highest BCUT2D eigenvalue weighted by atomic mass is 35.5. The molecule has 174 valence electrons. The minimum Gasteiger partial charge on any atom is -0.380 e. The van der Waals surface area contributed by atoms with Gasteiger partial charge in [0.2, 0.25) is 10.0 Å². The molecule has 0 saturated carbocycles. The lowest BCUT2D eigenvalue weighted by Crippen LogP contribution is -2.37. The van der Waals surface area contributed by atoms with Crippen molar-refractivity contribution in [1.29, 1.82) is 0 Å². The van der Waals surface area contributed by atoms with Gasteiger partial charge in [-0.25, -0.2) is 13.1 Å². The summed E-state index contributed by atoms with van der Waals surface area (Å²) in [7, 11) is -2.59. The smallest absolute Gasteiger partial charge is 0.380 e. The molecule has 0 aliphatic carbocycles. The third kappa shape index (κ3) is 4.01. The standard InChI is InChI=1S/C19H19Cl2F3N4O3S/c1-10-18(32(29,30)27-6-5-12(9-27)31-2)17(11-3-4-13(20)14(21)7-11)28-16(25-10)8-15(26-28)19(22,23)24/h3-4,7-8,12,17,25H,5-6,9H2,1-2H3/t12-,17?/m1/s1. The van der Waals surface area contributed by atoms with Crippen LogP contribution in [0.5, 0.6) is 0 Å². The van der Waals surface area contributed by atoms with Crippen LogP contribution in [0.4, 0.5) is 19.0 Å². The van der Waals surface area contributed by atoms with Crippen LogP contribution in [0.3, 0.4) is 0 Å². The number of anilines is 1. The fraction of sp³-hybridized carbons (Fsp3) is 0.421. The maximum absolute atomic E-state index is 13.7. The monoisotopic (exact) mass is 510 g/mol. The largest absolute Gasteiger partial charge is 0.435 e.